The van der Waals surface area contributed by atoms with Gasteiger partial charge in [0.15, 0.2) is 10.6 Å². The van der Waals surface area contributed by atoms with Crippen LogP contribution in [-0.2, 0) is 7.05 Å². The van der Waals surface area contributed by atoms with Gasteiger partial charge in [0.2, 0.25) is 0 Å². The lowest BCUT2D eigenvalue weighted by Gasteiger charge is -2.02. The predicted molar refractivity (Wildman–Crippen MR) is 56.4 cm³/mol. The number of nitrogens with one attached hydrogen (secondary N) is 1. The molecule has 5 heteroatoms. The summed E-state index contributed by atoms with van der Waals surface area (Å²) in [5, 5.41) is 6.90. The van der Waals surface area contributed by atoms with Crippen LogP contribution in [0.2, 0.25) is 0 Å². The average Bonchev–Trinajstić information content (AvgIpc) is 2.49. The Labute approximate surface area is 86.6 Å². The molecule has 0 amide bonds. The van der Waals surface area contributed by atoms with E-state index in [2.05, 4.69) is 15.2 Å². The number of aromatic amines is 1. The van der Waals surface area contributed by atoms with Crippen LogP contribution in [0.4, 0.5) is 0 Å². The lowest BCUT2D eigenvalue weighted by Crippen LogP contribution is -1.95. The van der Waals surface area contributed by atoms with Crippen molar-refractivity contribution >= 4 is 12.2 Å². The van der Waals surface area contributed by atoms with Gasteiger partial charge in [-0.1, -0.05) is 0 Å². The van der Waals surface area contributed by atoms with E-state index in [1.54, 1.807) is 6.20 Å². The molecular formula is C9H10N4S. The number of rotatable bonds is 1. The summed E-state index contributed by atoms with van der Waals surface area (Å²) in [6.07, 6.45) is 1.76. The molecule has 0 unspecified atom stereocenters. The Kier molecular flexibility index (Phi) is 2.17. The monoisotopic (exact) mass is 206 g/mol. The highest BCUT2D eigenvalue weighted by molar-refractivity contribution is 7.71. The van der Waals surface area contributed by atoms with E-state index in [4.69, 9.17) is 12.2 Å². The normalized spacial score (nSPS) is 10.4. The van der Waals surface area contributed by atoms with E-state index in [-0.39, 0.29) is 0 Å². The molecular weight excluding hydrogens is 196 g/mol. The second-order valence-corrected chi connectivity index (χ2v) is 3.43. The van der Waals surface area contributed by atoms with Gasteiger partial charge in [0, 0.05) is 24.5 Å². The Balaban J connectivity index is 2.66. The molecule has 0 aromatic carbocycles. The molecule has 0 fully saturated rings. The van der Waals surface area contributed by atoms with Crippen molar-refractivity contribution in [1.82, 2.24) is 19.7 Å². The summed E-state index contributed by atoms with van der Waals surface area (Å²) in [5.41, 5.74) is 1.95. The van der Waals surface area contributed by atoms with Crippen molar-refractivity contribution in [3.63, 3.8) is 0 Å². The van der Waals surface area contributed by atoms with Crippen LogP contribution in [0.5, 0.6) is 0 Å². The van der Waals surface area contributed by atoms with Crippen molar-refractivity contribution in [3.05, 3.63) is 28.8 Å². The quantitative estimate of drug-likeness (QED) is 0.724. The third kappa shape index (κ3) is 1.35. The van der Waals surface area contributed by atoms with Gasteiger partial charge < -0.3 is 4.57 Å². The summed E-state index contributed by atoms with van der Waals surface area (Å²) in [5.74, 6) is 0.820. The number of aromatic nitrogens is 4. The fourth-order valence-corrected chi connectivity index (χ4v) is 1.44. The van der Waals surface area contributed by atoms with E-state index in [9.17, 15) is 0 Å². The molecule has 2 rings (SSSR count). The summed E-state index contributed by atoms with van der Waals surface area (Å²) >= 11 is 5.04. The summed E-state index contributed by atoms with van der Waals surface area (Å²) in [6, 6.07) is 3.87. The van der Waals surface area contributed by atoms with Crippen LogP contribution in [0, 0.1) is 11.7 Å². The second kappa shape index (κ2) is 3.34. The molecule has 0 saturated carbocycles. The van der Waals surface area contributed by atoms with E-state index in [1.165, 1.54) is 0 Å². The zero-order valence-electron chi connectivity index (χ0n) is 7.98. The Morgan fingerprint density at radius 3 is 2.86 bits per heavy atom. The van der Waals surface area contributed by atoms with Crippen LogP contribution in [-0.4, -0.2) is 19.7 Å². The van der Waals surface area contributed by atoms with Crippen molar-refractivity contribution in [2.24, 2.45) is 7.05 Å². The molecule has 2 heterocycles. The van der Waals surface area contributed by atoms with Gasteiger partial charge in [-0.05, 0) is 31.3 Å². The zero-order valence-corrected chi connectivity index (χ0v) is 8.80. The van der Waals surface area contributed by atoms with Crippen LogP contribution < -0.4 is 0 Å². The number of pyridine rings is 1. The van der Waals surface area contributed by atoms with Gasteiger partial charge in [0.1, 0.15) is 0 Å². The van der Waals surface area contributed by atoms with Crippen LogP contribution in [0.3, 0.4) is 0 Å². The Morgan fingerprint density at radius 1 is 1.50 bits per heavy atom. The lowest BCUT2D eigenvalue weighted by atomic mass is 10.2. The first-order valence-corrected chi connectivity index (χ1v) is 4.64. The van der Waals surface area contributed by atoms with Crippen molar-refractivity contribution < 1.29 is 0 Å². The molecule has 2 aromatic rings. The molecule has 0 bridgehead atoms. The molecule has 72 valence electrons. The largest absolute Gasteiger partial charge is 0.303 e. The molecule has 14 heavy (non-hydrogen) atoms. The summed E-state index contributed by atoms with van der Waals surface area (Å²) in [7, 11) is 1.88. The third-order valence-corrected chi connectivity index (χ3v) is 2.49. The number of hydrogen-bond donors (Lipinski definition) is 1. The molecule has 4 nitrogen and oxygen atoms in total. The van der Waals surface area contributed by atoms with Crippen molar-refractivity contribution in [1.29, 1.82) is 0 Å². The van der Waals surface area contributed by atoms with Gasteiger partial charge in [-0.2, -0.15) is 5.10 Å². The van der Waals surface area contributed by atoms with Crippen molar-refractivity contribution in [2.45, 2.75) is 6.92 Å². The number of aryl methyl sites for hydroxylation is 1. The van der Waals surface area contributed by atoms with Gasteiger partial charge in [0.25, 0.3) is 0 Å². The zero-order chi connectivity index (χ0) is 10.1. The van der Waals surface area contributed by atoms with Crippen LogP contribution >= 0.6 is 12.2 Å². The number of nitrogens with zero attached hydrogens (tertiary/aromatic N) is 3. The fraction of sp³-hybridized carbons (Fsp3) is 0.222. The molecule has 0 saturated heterocycles. The molecule has 2 aromatic heterocycles. The minimum Gasteiger partial charge on any atom is -0.303 e. The predicted octanol–water partition coefficient (Wildman–Crippen LogP) is 1.85. The Hall–Kier alpha value is -1.49. The van der Waals surface area contributed by atoms with Crippen molar-refractivity contribution in [2.75, 3.05) is 0 Å². The third-order valence-electron chi connectivity index (χ3n) is 2.13. The van der Waals surface area contributed by atoms with Crippen LogP contribution in [0.1, 0.15) is 5.69 Å². The second-order valence-electron chi connectivity index (χ2n) is 3.05. The van der Waals surface area contributed by atoms with E-state index < -0.39 is 0 Å². The minimum absolute atomic E-state index is 0.614. The van der Waals surface area contributed by atoms with Crippen LogP contribution in [0.25, 0.3) is 11.4 Å². The van der Waals surface area contributed by atoms with E-state index in [0.29, 0.717) is 4.77 Å². The highest BCUT2D eigenvalue weighted by Crippen LogP contribution is 2.18. The molecule has 0 radical (unpaired) electrons. The first-order chi connectivity index (χ1) is 6.70. The van der Waals surface area contributed by atoms with E-state index in [0.717, 1.165) is 17.1 Å². The SMILES string of the molecule is Cc1ncccc1-c1n[nH]c(=S)n1C. The minimum atomic E-state index is 0.614. The van der Waals surface area contributed by atoms with Gasteiger partial charge >= 0.3 is 0 Å². The number of H-pyrrole nitrogens is 1. The maximum atomic E-state index is 5.04. The summed E-state index contributed by atoms with van der Waals surface area (Å²) < 4.78 is 2.45. The maximum absolute atomic E-state index is 5.04. The number of hydrogen-bond acceptors (Lipinski definition) is 3. The standard InChI is InChI=1S/C9H10N4S/c1-6-7(4-3-5-10-6)8-11-12-9(14)13(8)2/h3-5H,1-2H3,(H,12,14). The van der Waals surface area contributed by atoms with Gasteiger partial charge in [-0.25, -0.2) is 0 Å². The molecule has 0 aliphatic rings. The van der Waals surface area contributed by atoms with E-state index in [1.807, 2.05) is 30.7 Å². The first kappa shape index (κ1) is 9.08. The molecule has 0 spiro atoms. The lowest BCUT2D eigenvalue weighted by molar-refractivity contribution is 0.899. The topological polar surface area (TPSA) is 46.5 Å². The summed E-state index contributed by atoms with van der Waals surface area (Å²) in [6.45, 7) is 1.95. The Morgan fingerprint density at radius 2 is 2.29 bits per heavy atom. The van der Waals surface area contributed by atoms with E-state index >= 15 is 0 Å². The van der Waals surface area contributed by atoms with Gasteiger partial charge in [-0.3, -0.25) is 10.1 Å². The van der Waals surface area contributed by atoms with Crippen LogP contribution in [0.15, 0.2) is 18.3 Å². The highest BCUT2D eigenvalue weighted by atomic mass is 32.1. The smallest absolute Gasteiger partial charge is 0.195 e. The van der Waals surface area contributed by atoms with Gasteiger partial charge in [0.05, 0.1) is 0 Å². The maximum Gasteiger partial charge on any atom is 0.195 e. The molecule has 0 aliphatic carbocycles. The molecule has 0 atom stereocenters. The Bertz CT molecular complexity index is 512. The van der Waals surface area contributed by atoms with Gasteiger partial charge in [-0.15, -0.1) is 0 Å². The summed E-state index contributed by atoms with van der Waals surface area (Å²) in [4.78, 5) is 4.20. The first-order valence-electron chi connectivity index (χ1n) is 4.23. The fourth-order valence-electron chi connectivity index (χ4n) is 1.31. The highest BCUT2D eigenvalue weighted by Gasteiger charge is 2.07. The average molecular weight is 206 g/mol. The van der Waals surface area contributed by atoms with Crippen molar-refractivity contribution in [3.8, 4) is 11.4 Å². The molecule has 0 aliphatic heterocycles. The molecule has 1 N–H and O–H groups in total.